The van der Waals surface area contributed by atoms with Crippen molar-refractivity contribution in [1.82, 2.24) is 0 Å². The normalized spacial score (nSPS) is 49.7. The molecule has 1 N–H and O–H groups in total. The van der Waals surface area contributed by atoms with Crippen LogP contribution in [-0.4, -0.2) is 54.2 Å². The Balaban J connectivity index is 0.981. The van der Waals surface area contributed by atoms with E-state index in [4.69, 9.17) is 18.9 Å². The zero-order chi connectivity index (χ0) is 26.5. The van der Waals surface area contributed by atoms with E-state index in [1.165, 1.54) is 0 Å². The molecular formula is C30H40O8. The summed E-state index contributed by atoms with van der Waals surface area (Å²) < 4.78 is 24.9. The number of hydrogen-bond acceptors (Lipinski definition) is 7. The van der Waals surface area contributed by atoms with Crippen molar-refractivity contribution in [2.75, 3.05) is 19.8 Å². The fraction of sp³-hybridized carbons (Fsp3) is 0.833. The molecule has 4 unspecified atom stereocenters. The van der Waals surface area contributed by atoms with E-state index in [2.05, 4.69) is 6.58 Å². The van der Waals surface area contributed by atoms with Crippen LogP contribution >= 0.6 is 0 Å². The number of esters is 2. The first kappa shape index (κ1) is 25.1. The van der Waals surface area contributed by atoms with Gasteiger partial charge in [0.05, 0.1) is 30.7 Å². The first-order valence-electron chi connectivity index (χ1n) is 14.6. The number of carbonyl (C=O) groups excluding carboxylic acids is 2. The summed E-state index contributed by atoms with van der Waals surface area (Å²) >= 11 is 0. The van der Waals surface area contributed by atoms with Crippen molar-refractivity contribution in [1.29, 1.82) is 0 Å². The van der Waals surface area contributed by atoms with Gasteiger partial charge in [-0.05, 0) is 88.9 Å². The summed E-state index contributed by atoms with van der Waals surface area (Å²) in [4.78, 5) is 38.1. The lowest BCUT2D eigenvalue weighted by atomic mass is 9.47. The molecule has 8 saturated carbocycles. The van der Waals surface area contributed by atoms with Gasteiger partial charge in [0.1, 0.15) is 5.60 Å². The number of rotatable bonds is 6. The van der Waals surface area contributed by atoms with E-state index in [1.54, 1.807) is 6.92 Å². The van der Waals surface area contributed by atoms with Crippen LogP contribution in [0.15, 0.2) is 12.2 Å². The topological polar surface area (TPSA) is 108 Å². The maximum absolute atomic E-state index is 13.6. The Labute approximate surface area is 223 Å². The third-order valence-corrected chi connectivity index (χ3v) is 11.4. The number of carboxylic acids is 1. The minimum atomic E-state index is -0.671. The van der Waals surface area contributed by atoms with E-state index in [-0.39, 0.29) is 36.3 Å². The molecule has 0 aromatic carbocycles. The Morgan fingerprint density at radius 3 is 2.05 bits per heavy atom. The second-order valence-electron chi connectivity index (χ2n) is 14.3. The molecule has 8 bridgehead atoms. The van der Waals surface area contributed by atoms with Crippen LogP contribution in [0.3, 0.4) is 0 Å². The molecule has 0 aromatic heterocycles. The molecule has 9 rings (SSSR count). The summed E-state index contributed by atoms with van der Waals surface area (Å²) in [5, 5.41) is 9.94. The molecule has 9 aliphatic rings. The van der Waals surface area contributed by atoms with E-state index < -0.39 is 28.2 Å². The minimum absolute atomic E-state index is 0.0423. The molecule has 1 heterocycles. The van der Waals surface area contributed by atoms with Crippen molar-refractivity contribution < 1.29 is 38.4 Å². The molecule has 1 saturated heterocycles. The third kappa shape index (κ3) is 3.65. The molecule has 0 radical (unpaired) electrons. The summed E-state index contributed by atoms with van der Waals surface area (Å²) in [6.07, 6.45) is 8.95. The summed E-state index contributed by atoms with van der Waals surface area (Å²) in [7, 11) is 0. The first-order chi connectivity index (χ1) is 18.0. The van der Waals surface area contributed by atoms with Crippen molar-refractivity contribution in [3.05, 3.63) is 12.2 Å². The molecule has 8 heteroatoms. The highest BCUT2D eigenvalue weighted by atomic mass is 16.7. The van der Waals surface area contributed by atoms with E-state index in [0.29, 0.717) is 55.8 Å². The van der Waals surface area contributed by atoms with Crippen LogP contribution in [0.1, 0.15) is 77.6 Å². The molecule has 9 fully saturated rings. The van der Waals surface area contributed by atoms with Crippen LogP contribution in [0, 0.1) is 46.3 Å². The van der Waals surface area contributed by atoms with Crippen LogP contribution < -0.4 is 0 Å². The van der Waals surface area contributed by atoms with E-state index in [0.717, 1.165) is 51.4 Å². The molecule has 0 amide bonds. The monoisotopic (exact) mass is 528 g/mol. The van der Waals surface area contributed by atoms with Gasteiger partial charge < -0.3 is 24.1 Å². The Kier molecular flexibility index (Phi) is 5.47. The van der Waals surface area contributed by atoms with Crippen LogP contribution in [-0.2, 0) is 33.3 Å². The van der Waals surface area contributed by atoms with Gasteiger partial charge in [0.25, 0.3) is 0 Å². The van der Waals surface area contributed by atoms with Gasteiger partial charge in [-0.15, -0.1) is 0 Å². The Morgan fingerprint density at radius 2 is 1.47 bits per heavy atom. The van der Waals surface area contributed by atoms with Crippen molar-refractivity contribution >= 4 is 17.9 Å². The smallest absolute Gasteiger partial charge is 0.333 e. The lowest BCUT2D eigenvalue weighted by molar-refractivity contribution is -0.375. The first-order valence-corrected chi connectivity index (χ1v) is 14.6. The molecule has 208 valence electrons. The molecular weight excluding hydrogens is 488 g/mol. The van der Waals surface area contributed by atoms with Gasteiger partial charge in [0.2, 0.25) is 0 Å². The maximum Gasteiger partial charge on any atom is 0.333 e. The predicted octanol–water partition coefficient (Wildman–Crippen LogP) is 4.26. The molecule has 4 atom stereocenters. The second-order valence-corrected chi connectivity index (χ2v) is 14.3. The number of carboxylic acid groups (broad SMARTS) is 1. The fourth-order valence-corrected chi connectivity index (χ4v) is 10.5. The lowest BCUT2D eigenvalue weighted by Gasteiger charge is -2.64. The van der Waals surface area contributed by atoms with Gasteiger partial charge in [-0.25, -0.2) is 4.79 Å². The van der Waals surface area contributed by atoms with E-state index >= 15 is 0 Å². The van der Waals surface area contributed by atoms with Crippen molar-refractivity contribution in [3.63, 3.8) is 0 Å². The highest BCUT2D eigenvalue weighted by molar-refractivity contribution is 5.87. The second kappa shape index (κ2) is 8.29. The highest BCUT2D eigenvalue weighted by Crippen LogP contribution is 2.66. The number of aliphatic carboxylic acids is 1. The number of carbonyl (C=O) groups is 3. The minimum Gasteiger partial charge on any atom is -0.481 e. The number of hydrogen-bond donors (Lipinski definition) is 1. The summed E-state index contributed by atoms with van der Waals surface area (Å²) in [6, 6.07) is 0. The average Bonchev–Trinajstić information content (AvgIpc) is 2.85. The van der Waals surface area contributed by atoms with Gasteiger partial charge in [-0.3, -0.25) is 9.59 Å². The number of ether oxygens (including phenoxy) is 4. The quantitative estimate of drug-likeness (QED) is 0.403. The standard InChI is InChI=1S/C30H40O8/c1-17(2)24(31)38-29-9-19-3-20(10-29)8-28(7-19,16-29)26(34)35-13-21-14-36-30(37-15-21)22-4-18-5-23(30)12-27(6-18,11-22)25(32)33/h18-23H,1,3-16H2,2H3,(H,32,33). The third-order valence-electron chi connectivity index (χ3n) is 11.4. The fourth-order valence-electron chi connectivity index (χ4n) is 10.5. The molecule has 8 aliphatic carbocycles. The van der Waals surface area contributed by atoms with E-state index in [1.807, 2.05) is 0 Å². The average molecular weight is 529 g/mol. The molecule has 1 aliphatic heterocycles. The largest absolute Gasteiger partial charge is 0.481 e. The van der Waals surface area contributed by atoms with Crippen LogP contribution in [0.25, 0.3) is 0 Å². The zero-order valence-corrected chi connectivity index (χ0v) is 22.4. The van der Waals surface area contributed by atoms with Gasteiger partial charge >= 0.3 is 17.9 Å². The van der Waals surface area contributed by atoms with Crippen LogP contribution in [0.2, 0.25) is 0 Å². The molecule has 8 nitrogen and oxygen atoms in total. The Hall–Kier alpha value is -1.93. The predicted molar refractivity (Wildman–Crippen MR) is 133 cm³/mol. The summed E-state index contributed by atoms with van der Waals surface area (Å²) in [6.45, 7) is 6.58. The Bertz CT molecular complexity index is 1040. The maximum atomic E-state index is 13.6. The molecule has 1 spiro atoms. The SMILES string of the molecule is C=C(C)C(=O)OC12CC3CC(C1)CC(C(=O)OCC1COC4(OC1)C1CC5CC4CC(C(=O)O)(C5)C1)(C3)C2. The van der Waals surface area contributed by atoms with E-state index in [9.17, 15) is 19.5 Å². The van der Waals surface area contributed by atoms with Crippen molar-refractivity contribution in [2.45, 2.75) is 88.9 Å². The van der Waals surface area contributed by atoms with Crippen LogP contribution in [0.4, 0.5) is 0 Å². The summed E-state index contributed by atoms with van der Waals surface area (Å²) in [5.74, 6) is -0.429. The van der Waals surface area contributed by atoms with Gasteiger partial charge in [0.15, 0.2) is 5.79 Å². The highest BCUT2D eigenvalue weighted by Gasteiger charge is 2.67. The lowest BCUT2D eigenvalue weighted by Crippen LogP contribution is -2.66. The van der Waals surface area contributed by atoms with Crippen molar-refractivity contribution in [2.24, 2.45) is 46.3 Å². The zero-order valence-electron chi connectivity index (χ0n) is 22.4. The van der Waals surface area contributed by atoms with Crippen molar-refractivity contribution in [3.8, 4) is 0 Å². The Morgan fingerprint density at radius 1 is 0.868 bits per heavy atom. The molecule has 38 heavy (non-hydrogen) atoms. The van der Waals surface area contributed by atoms with Gasteiger partial charge in [-0.2, -0.15) is 0 Å². The van der Waals surface area contributed by atoms with Crippen LogP contribution in [0.5, 0.6) is 0 Å². The summed E-state index contributed by atoms with van der Waals surface area (Å²) in [5.41, 5.74) is -1.36. The van der Waals surface area contributed by atoms with Gasteiger partial charge in [-0.1, -0.05) is 6.58 Å². The molecule has 0 aromatic rings. The van der Waals surface area contributed by atoms with Gasteiger partial charge in [0, 0.05) is 29.7 Å².